The number of hydrogen-bond acceptors (Lipinski definition) is 5. The average Bonchev–Trinajstić information content (AvgIpc) is 3.38. The predicted molar refractivity (Wildman–Crippen MR) is 143 cm³/mol. The number of Topliss-reactive ketones (excluding diaryl/α,β-unsaturated/α-hetero) is 1. The molecule has 0 aliphatic carbocycles. The van der Waals surface area contributed by atoms with Gasteiger partial charge in [-0.25, -0.2) is 18.9 Å². The number of aromatic nitrogens is 3. The molecule has 5 aromatic rings. The molecule has 0 amide bonds. The first-order valence-corrected chi connectivity index (χ1v) is 12.1. The molecule has 6 nitrogen and oxygen atoms in total. The van der Waals surface area contributed by atoms with Crippen molar-refractivity contribution in [3.8, 4) is 28.2 Å². The van der Waals surface area contributed by atoms with Crippen LogP contribution in [0.5, 0.6) is 0 Å². The third kappa shape index (κ3) is 5.27. The summed E-state index contributed by atoms with van der Waals surface area (Å²) in [7, 11) is 0. The predicted octanol–water partition coefficient (Wildman–Crippen LogP) is 6.40. The van der Waals surface area contributed by atoms with E-state index in [9.17, 15) is 14.0 Å². The van der Waals surface area contributed by atoms with Crippen molar-refractivity contribution in [2.24, 2.45) is 0 Å². The van der Waals surface area contributed by atoms with Crippen LogP contribution in [-0.2, 0) is 4.74 Å². The fourth-order valence-electron chi connectivity index (χ4n) is 4.15. The van der Waals surface area contributed by atoms with E-state index in [1.54, 1.807) is 24.3 Å². The molecule has 5 rings (SSSR count). The number of ether oxygens (including phenoxy) is 1. The van der Waals surface area contributed by atoms with Gasteiger partial charge in [-0.2, -0.15) is 0 Å². The highest BCUT2D eigenvalue weighted by molar-refractivity contribution is 5.99. The molecule has 0 bridgehead atoms. The Balaban J connectivity index is 1.36. The van der Waals surface area contributed by atoms with Crippen LogP contribution in [0.1, 0.15) is 32.1 Å². The summed E-state index contributed by atoms with van der Waals surface area (Å²) >= 11 is 0. The maximum Gasteiger partial charge on any atom is 0.378 e. The Hall–Kier alpha value is -4.91. The average molecular weight is 506 g/mol. The summed E-state index contributed by atoms with van der Waals surface area (Å²) in [5.74, 6) is -1.40. The van der Waals surface area contributed by atoms with E-state index in [-0.39, 0.29) is 17.4 Å². The maximum absolute atomic E-state index is 13.5. The quantitative estimate of drug-likeness (QED) is 0.189. The summed E-state index contributed by atoms with van der Waals surface area (Å²) in [4.78, 5) is 30.0. The van der Waals surface area contributed by atoms with E-state index in [2.05, 4.69) is 10.1 Å². The number of nitrogens with zero attached hydrogens (tertiary/aromatic N) is 3. The lowest BCUT2D eigenvalue weighted by Gasteiger charge is -2.09. The van der Waals surface area contributed by atoms with E-state index in [0.717, 1.165) is 27.9 Å². The molecule has 0 radical (unpaired) electrons. The first-order valence-electron chi connectivity index (χ1n) is 12.1. The van der Waals surface area contributed by atoms with Gasteiger partial charge in [0.15, 0.2) is 18.2 Å². The molecule has 1 heterocycles. The van der Waals surface area contributed by atoms with E-state index in [1.807, 2.05) is 74.5 Å². The zero-order valence-electron chi connectivity index (χ0n) is 20.9. The van der Waals surface area contributed by atoms with Crippen LogP contribution in [0, 0.1) is 19.7 Å². The highest BCUT2D eigenvalue weighted by Crippen LogP contribution is 2.25. The Bertz CT molecular complexity index is 1610. The van der Waals surface area contributed by atoms with Crippen LogP contribution in [0.4, 0.5) is 4.39 Å². The molecule has 4 aromatic carbocycles. The second-order valence-corrected chi connectivity index (χ2v) is 8.91. The van der Waals surface area contributed by atoms with Crippen molar-refractivity contribution in [3.05, 3.63) is 125 Å². The van der Waals surface area contributed by atoms with Gasteiger partial charge >= 0.3 is 5.97 Å². The molecule has 0 aliphatic heterocycles. The summed E-state index contributed by atoms with van der Waals surface area (Å²) in [6.07, 6.45) is 0. The topological polar surface area (TPSA) is 74.1 Å². The van der Waals surface area contributed by atoms with Gasteiger partial charge in [0.25, 0.3) is 5.82 Å². The Morgan fingerprint density at radius 3 is 2.16 bits per heavy atom. The zero-order chi connectivity index (χ0) is 26.6. The fourth-order valence-corrected chi connectivity index (χ4v) is 4.15. The van der Waals surface area contributed by atoms with Gasteiger partial charge in [0.05, 0.1) is 5.69 Å². The van der Waals surface area contributed by atoms with Gasteiger partial charge in [0.2, 0.25) is 0 Å². The van der Waals surface area contributed by atoms with Crippen molar-refractivity contribution < 1.29 is 18.7 Å². The van der Waals surface area contributed by atoms with Crippen LogP contribution in [0.25, 0.3) is 28.2 Å². The standard InChI is InChI=1S/C31H24FN3O3/c1-20-8-17-27(21(2)18-20)35-30(25-13-15-26(32)16-14-25)33-29(34-35)31(37)38-19-28(36)24-11-9-23(10-12-24)22-6-4-3-5-7-22/h3-18H,19H2,1-2H3. The van der Waals surface area contributed by atoms with E-state index in [0.29, 0.717) is 17.0 Å². The number of ketones is 1. The van der Waals surface area contributed by atoms with Crippen molar-refractivity contribution in [2.75, 3.05) is 6.61 Å². The summed E-state index contributed by atoms with van der Waals surface area (Å²) in [6, 6.07) is 28.5. The van der Waals surface area contributed by atoms with Crippen molar-refractivity contribution in [1.82, 2.24) is 14.8 Å². The molecule has 0 saturated heterocycles. The smallest absolute Gasteiger partial charge is 0.378 e. The first-order chi connectivity index (χ1) is 18.4. The first kappa shape index (κ1) is 24.8. The Kier molecular flexibility index (Phi) is 6.91. The van der Waals surface area contributed by atoms with Gasteiger partial charge in [-0.1, -0.05) is 72.3 Å². The number of hydrogen-bond donors (Lipinski definition) is 0. The van der Waals surface area contributed by atoms with Crippen molar-refractivity contribution >= 4 is 11.8 Å². The van der Waals surface area contributed by atoms with Gasteiger partial charge in [0.1, 0.15) is 5.82 Å². The highest BCUT2D eigenvalue weighted by Gasteiger charge is 2.22. The van der Waals surface area contributed by atoms with Crippen LogP contribution in [0.2, 0.25) is 0 Å². The van der Waals surface area contributed by atoms with Crippen LogP contribution in [0.15, 0.2) is 97.1 Å². The van der Waals surface area contributed by atoms with Gasteiger partial charge in [-0.05, 0) is 60.9 Å². The Morgan fingerprint density at radius 1 is 0.816 bits per heavy atom. The second kappa shape index (κ2) is 10.6. The fraction of sp³-hybridized carbons (Fsp3) is 0.0968. The Morgan fingerprint density at radius 2 is 1.47 bits per heavy atom. The molecular weight excluding hydrogens is 481 g/mol. The van der Waals surface area contributed by atoms with E-state index >= 15 is 0 Å². The molecular formula is C31H24FN3O3. The monoisotopic (exact) mass is 505 g/mol. The molecule has 0 unspecified atom stereocenters. The lowest BCUT2D eigenvalue weighted by molar-refractivity contribution is 0.0462. The summed E-state index contributed by atoms with van der Waals surface area (Å²) in [5.41, 5.74) is 5.74. The lowest BCUT2D eigenvalue weighted by Crippen LogP contribution is -2.15. The van der Waals surface area contributed by atoms with Gasteiger partial charge in [0, 0.05) is 11.1 Å². The Labute approximate surface area is 219 Å². The molecule has 188 valence electrons. The van der Waals surface area contributed by atoms with Crippen LogP contribution in [-0.4, -0.2) is 33.1 Å². The minimum atomic E-state index is -0.828. The molecule has 0 atom stereocenters. The SMILES string of the molecule is Cc1ccc(-n2nc(C(=O)OCC(=O)c3ccc(-c4ccccc4)cc3)nc2-c2ccc(F)cc2)c(C)c1. The minimum Gasteiger partial charge on any atom is -0.451 e. The van der Waals surface area contributed by atoms with Crippen molar-refractivity contribution in [2.45, 2.75) is 13.8 Å². The normalized spacial score (nSPS) is 10.8. The zero-order valence-corrected chi connectivity index (χ0v) is 20.9. The molecule has 0 saturated carbocycles. The second-order valence-electron chi connectivity index (χ2n) is 8.91. The van der Waals surface area contributed by atoms with Crippen LogP contribution in [0.3, 0.4) is 0 Å². The summed E-state index contributed by atoms with van der Waals surface area (Å²) < 4.78 is 20.4. The number of rotatable bonds is 7. The largest absolute Gasteiger partial charge is 0.451 e. The van der Waals surface area contributed by atoms with Gasteiger partial charge < -0.3 is 4.74 Å². The van der Waals surface area contributed by atoms with Crippen LogP contribution >= 0.6 is 0 Å². The van der Waals surface area contributed by atoms with Crippen molar-refractivity contribution in [3.63, 3.8) is 0 Å². The molecule has 0 N–H and O–H groups in total. The summed E-state index contributed by atoms with van der Waals surface area (Å²) in [5, 5.41) is 4.39. The van der Waals surface area contributed by atoms with Crippen molar-refractivity contribution in [1.29, 1.82) is 0 Å². The van der Waals surface area contributed by atoms with Gasteiger partial charge in [-0.3, -0.25) is 4.79 Å². The highest BCUT2D eigenvalue weighted by atomic mass is 19.1. The maximum atomic E-state index is 13.5. The number of halogens is 1. The molecule has 1 aromatic heterocycles. The van der Waals surface area contributed by atoms with Crippen LogP contribution < -0.4 is 0 Å². The molecule has 0 fully saturated rings. The lowest BCUT2D eigenvalue weighted by atomic mass is 10.0. The van der Waals surface area contributed by atoms with Gasteiger partial charge in [-0.15, -0.1) is 5.10 Å². The number of aryl methyl sites for hydroxylation is 2. The van der Waals surface area contributed by atoms with E-state index in [1.165, 1.54) is 16.8 Å². The van der Waals surface area contributed by atoms with E-state index in [4.69, 9.17) is 4.74 Å². The number of esters is 1. The number of carbonyl (C=O) groups excluding carboxylic acids is 2. The molecule has 0 spiro atoms. The molecule has 38 heavy (non-hydrogen) atoms. The molecule has 0 aliphatic rings. The van der Waals surface area contributed by atoms with E-state index < -0.39 is 12.6 Å². The minimum absolute atomic E-state index is 0.198. The third-order valence-electron chi connectivity index (χ3n) is 6.12. The number of benzene rings is 4. The third-order valence-corrected chi connectivity index (χ3v) is 6.12. The summed E-state index contributed by atoms with van der Waals surface area (Å²) in [6.45, 7) is 3.46. The number of carbonyl (C=O) groups is 2. The molecule has 7 heteroatoms.